The summed E-state index contributed by atoms with van der Waals surface area (Å²) in [6.07, 6.45) is 1.35. The molecule has 0 bridgehead atoms. The summed E-state index contributed by atoms with van der Waals surface area (Å²) >= 11 is 0. The third-order valence-corrected chi connectivity index (χ3v) is 4.64. The maximum atomic E-state index is 12.8. The maximum Gasteiger partial charge on any atom is 0.308 e. The number of hydrogen-bond donors (Lipinski definition) is 1. The fraction of sp³-hybridized carbons (Fsp3) is 0.389. The van der Waals surface area contributed by atoms with Crippen LogP contribution in [-0.4, -0.2) is 39.5 Å². The van der Waals surface area contributed by atoms with E-state index in [9.17, 15) is 14.7 Å². The topological polar surface area (TPSA) is 70.5 Å². The Kier molecular flexibility index (Phi) is 4.03. The van der Waals surface area contributed by atoms with E-state index in [1.807, 2.05) is 38.1 Å². The van der Waals surface area contributed by atoms with E-state index in [1.54, 1.807) is 11.0 Å². The minimum Gasteiger partial charge on any atom is -0.481 e. The van der Waals surface area contributed by atoms with E-state index in [0.717, 1.165) is 23.0 Å². The molecule has 3 rings (SSSR count). The van der Waals surface area contributed by atoms with Gasteiger partial charge >= 0.3 is 5.97 Å². The van der Waals surface area contributed by atoms with Crippen molar-refractivity contribution in [2.75, 3.05) is 6.54 Å². The van der Waals surface area contributed by atoms with E-state index in [-0.39, 0.29) is 11.9 Å². The Morgan fingerprint density at radius 2 is 2.04 bits per heavy atom. The van der Waals surface area contributed by atoms with E-state index < -0.39 is 11.9 Å². The van der Waals surface area contributed by atoms with Crippen molar-refractivity contribution in [1.29, 1.82) is 0 Å². The monoisotopic (exact) mass is 312 g/mol. The normalized spacial score (nSPS) is 21.4. The summed E-state index contributed by atoms with van der Waals surface area (Å²) in [5.74, 6) is -1.42. The van der Waals surface area contributed by atoms with Crippen LogP contribution in [0.1, 0.15) is 35.8 Å². The van der Waals surface area contributed by atoms with Gasteiger partial charge in [0.15, 0.2) is 0 Å². The quantitative estimate of drug-likeness (QED) is 0.925. The molecule has 0 saturated carbocycles. The SMILES string of the molecule is Cc1ccc2cc(C(=O)N3CCC[C@@H](C(=O)O)[C@H]3C)ccc2n1. The zero-order valence-electron chi connectivity index (χ0n) is 13.3. The number of benzene rings is 1. The molecular weight excluding hydrogens is 292 g/mol. The van der Waals surface area contributed by atoms with E-state index in [2.05, 4.69) is 4.98 Å². The number of likely N-dealkylation sites (tertiary alicyclic amines) is 1. The average molecular weight is 312 g/mol. The number of piperidine rings is 1. The van der Waals surface area contributed by atoms with Gasteiger partial charge in [0.2, 0.25) is 0 Å². The molecule has 120 valence electrons. The van der Waals surface area contributed by atoms with Gasteiger partial charge in [-0.2, -0.15) is 0 Å². The lowest BCUT2D eigenvalue weighted by Crippen LogP contribution is -2.49. The van der Waals surface area contributed by atoms with E-state index in [1.165, 1.54) is 0 Å². The molecule has 2 atom stereocenters. The number of amides is 1. The molecule has 1 aliphatic heterocycles. The first kappa shape index (κ1) is 15.5. The van der Waals surface area contributed by atoms with E-state index >= 15 is 0 Å². The van der Waals surface area contributed by atoms with Crippen molar-refractivity contribution in [2.24, 2.45) is 5.92 Å². The van der Waals surface area contributed by atoms with Crippen LogP contribution in [0.25, 0.3) is 10.9 Å². The number of pyridine rings is 1. The predicted molar refractivity (Wildman–Crippen MR) is 87.3 cm³/mol. The van der Waals surface area contributed by atoms with Crippen molar-refractivity contribution in [2.45, 2.75) is 32.7 Å². The van der Waals surface area contributed by atoms with Gasteiger partial charge in [0, 0.05) is 29.2 Å². The largest absolute Gasteiger partial charge is 0.481 e. The molecule has 0 aliphatic carbocycles. The van der Waals surface area contributed by atoms with Crippen molar-refractivity contribution in [1.82, 2.24) is 9.88 Å². The molecule has 1 aromatic heterocycles. The number of nitrogens with zero attached hydrogens (tertiary/aromatic N) is 2. The van der Waals surface area contributed by atoms with Gasteiger partial charge in [-0.05, 0) is 51.0 Å². The molecule has 5 nitrogen and oxygen atoms in total. The number of carboxylic acids is 1. The molecule has 23 heavy (non-hydrogen) atoms. The number of aryl methyl sites for hydroxylation is 1. The van der Waals surface area contributed by atoms with Crippen LogP contribution in [0.15, 0.2) is 30.3 Å². The van der Waals surface area contributed by atoms with Gasteiger partial charge in [-0.25, -0.2) is 0 Å². The zero-order chi connectivity index (χ0) is 16.6. The first-order valence-electron chi connectivity index (χ1n) is 7.88. The third-order valence-electron chi connectivity index (χ3n) is 4.64. The summed E-state index contributed by atoms with van der Waals surface area (Å²) in [6, 6.07) is 9.03. The van der Waals surface area contributed by atoms with Crippen LogP contribution in [0.5, 0.6) is 0 Å². The van der Waals surface area contributed by atoms with Crippen molar-refractivity contribution in [3.05, 3.63) is 41.6 Å². The van der Waals surface area contributed by atoms with Crippen molar-refractivity contribution in [3.8, 4) is 0 Å². The van der Waals surface area contributed by atoms with Crippen LogP contribution in [0, 0.1) is 12.8 Å². The molecule has 0 unspecified atom stereocenters. The Morgan fingerprint density at radius 3 is 2.78 bits per heavy atom. The second-order valence-electron chi connectivity index (χ2n) is 6.19. The third kappa shape index (κ3) is 2.91. The number of hydrogen-bond acceptors (Lipinski definition) is 3. The number of fused-ring (bicyclic) bond motifs is 1. The average Bonchev–Trinajstić information content (AvgIpc) is 2.53. The molecule has 0 spiro atoms. The standard InChI is InChI=1S/C18H20N2O3/c1-11-5-6-13-10-14(7-8-16(13)19-11)17(21)20-9-3-4-15(12(20)2)18(22)23/h5-8,10,12,15H,3-4,9H2,1-2H3,(H,22,23)/t12-,15-/m1/s1. The number of aliphatic carboxylic acids is 1. The van der Waals surface area contributed by atoms with Crippen molar-refractivity contribution < 1.29 is 14.7 Å². The van der Waals surface area contributed by atoms with Crippen LogP contribution < -0.4 is 0 Å². The fourth-order valence-corrected chi connectivity index (χ4v) is 3.29. The Bertz CT molecular complexity index is 772. The summed E-state index contributed by atoms with van der Waals surface area (Å²) in [5.41, 5.74) is 2.38. The highest BCUT2D eigenvalue weighted by molar-refractivity contribution is 5.98. The van der Waals surface area contributed by atoms with Crippen LogP contribution in [0.4, 0.5) is 0 Å². The molecule has 1 aliphatic rings. The number of rotatable bonds is 2. The van der Waals surface area contributed by atoms with Gasteiger partial charge in [-0.3, -0.25) is 14.6 Å². The highest BCUT2D eigenvalue weighted by Gasteiger charge is 2.35. The van der Waals surface area contributed by atoms with Crippen LogP contribution >= 0.6 is 0 Å². The van der Waals surface area contributed by atoms with Crippen LogP contribution in [-0.2, 0) is 4.79 Å². The fourth-order valence-electron chi connectivity index (χ4n) is 3.29. The van der Waals surface area contributed by atoms with Crippen LogP contribution in [0.3, 0.4) is 0 Å². The number of carbonyl (C=O) groups is 2. The van der Waals surface area contributed by atoms with Crippen molar-refractivity contribution in [3.63, 3.8) is 0 Å². The lowest BCUT2D eigenvalue weighted by Gasteiger charge is -2.37. The molecule has 0 radical (unpaired) electrons. The maximum absolute atomic E-state index is 12.8. The number of carboxylic acid groups (broad SMARTS) is 1. The molecule has 2 heterocycles. The van der Waals surface area contributed by atoms with E-state index in [0.29, 0.717) is 18.5 Å². The van der Waals surface area contributed by atoms with Gasteiger partial charge in [0.1, 0.15) is 0 Å². The highest BCUT2D eigenvalue weighted by atomic mass is 16.4. The number of aromatic nitrogens is 1. The van der Waals surface area contributed by atoms with Crippen molar-refractivity contribution >= 4 is 22.8 Å². The number of carbonyl (C=O) groups excluding carboxylic acids is 1. The lowest BCUT2D eigenvalue weighted by atomic mass is 9.89. The van der Waals surface area contributed by atoms with Crippen LogP contribution in [0.2, 0.25) is 0 Å². The molecule has 2 aromatic rings. The minimum absolute atomic E-state index is 0.106. The zero-order valence-corrected chi connectivity index (χ0v) is 13.3. The first-order valence-corrected chi connectivity index (χ1v) is 7.88. The van der Waals surface area contributed by atoms with Gasteiger partial charge in [-0.1, -0.05) is 6.07 Å². The molecule has 1 N–H and O–H groups in total. The molecule has 1 amide bonds. The smallest absolute Gasteiger partial charge is 0.308 e. The Morgan fingerprint density at radius 1 is 1.26 bits per heavy atom. The Hall–Kier alpha value is -2.43. The minimum atomic E-state index is -0.826. The molecule has 1 saturated heterocycles. The second kappa shape index (κ2) is 5.99. The van der Waals surface area contributed by atoms with Gasteiger partial charge in [0.25, 0.3) is 5.91 Å². The summed E-state index contributed by atoms with van der Waals surface area (Å²) in [4.78, 5) is 30.3. The summed E-state index contributed by atoms with van der Waals surface area (Å²) in [5, 5.41) is 10.2. The second-order valence-corrected chi connectivity index (χ2v) is 6.19. The summed E-state index contributed by atoms with van der Waals surface area (Å²) in [7, 11) is 0. The lowest BCUT2D eigenvalue weighted by molar-refractivity contribution is -0.144. The summed E-state index contributed by atoms with van der Waals surface area (Å²) < 4.78 is 0. The molecule has 1 aromatic carbocycles. The van der Waals surface area contributed by atoms with Gasteiger partial charge in [0.05, 0.1) is 11.4 Å². The Balaban J connectivity index is 1.90. The molecular formula is C18H20N2O3. The molecule has 1 fully saturated rings. The first-order chi connectivity index (χ1) is 11.0. The van der Waals surface area contributed by atoms with Gasteiger partial charge in [-0.15, -0.1) is 0 Å². The predicted octanol–water partition coefficient (Wildman–Crippen LogP) is 2.87. The summed E-state index contributed by atoms with van der Waals surface area (Å²) in [6.45, 7) is 4.36. The Labute approximate surface area is 134 Å². The highest BCUT2D eigenvalue weighted by Crippen LogP contribution is 2.26. The van der Waals surface area contributed by atoms with E-state index in [4.69, 9.17) is 0 Å². The van der Waals surface area contributed by atoms with Gasteiger partial charge < -0.3 is 10.0 Å². The molecule has 5 heteroatoms.